The molecule has 0 aromatic heterocycles. The van der Waals surface area contributed by atoms with Crippen LogP contribution in [0.15, 0.2) is 48.5 Å². The Balaban J connectivity index is 2.15. The SMILES string of the molecule is FC(F)(F)c1ccc(Oc2cccc(CS)c2)cc1. The van der Waals surface area contributed by atoms with Gasteiger partial charge in [-0.05, 0) is 42.0 Å². The summed E-state index contributed by atoms with van der Waals surface area (Å²) in [6.45, 7) is 0. The lowest BCUT2D eigenvalue weighted by atomic mass is 10.2. The topological polar surface area (TPSA) is 9.23 Å². The van der Waals surface area contributed by atoms with Gasteiger partial charge in [0.05, 0.1) is 5.56 Å². The maximum atomic E-state index is 12.4. The molecule has 0 saturated carbocycles. The van der Waals surface area contributed by atoms with E-state index in [0.29, 0.717) is 17.3 Å². The number of alkyl halides is 3. The average molecular weight is 284 g/mol. The van der Waals surface area contributed by atoms with Gasteiger partial charge in [-0.15, -0.1) is 0 Å². The lowest BCUT2D eigenvalue weighted by molar-refractivity contribution is -0.137. The van der Waals surface area contributed by atoms with Crippen molar-refractivity contribution in [3.8, 4) is 11.5 Å². The second-order valence-corrected chi connectivity index (χ2v) is 4.25. The molecule has 0 saturated heterocycles. The molecule has 0 fully saturated rings. The smallest absolute Gasteiger partial charge is 0.416 e. The molecule has 0 aliphatic carbocycles. The van der Waals surface area contributed by atoms with Crippen molar-refractivity contribution < 1.29 is 17.9 Å². The van der Waals surface area contributed by atoms with Gasteiger partial charge in [-0.1, -0.05) is 12.1 Å². The Labute approximate surface area is 114 Å². The number of hydrogen-bond donors (Lipinski definition) is 1. The highest BCUT2D eigenvalue weighted by molar-refractivity contribution is 7.79. The monoisotopic (exact) mass is 284 g/mol. The molecule has 1 nitrogen and oxygen atoms in total. The maximum absolute atomic E-state index is 12.4. The summed E-state index contributed by atoms with van der Waals surface area (Å²) in [7, 11) is 0. The summed E-state index contributed by atoms with van der Waals surface area (Å²) in [6, 6.07) is 11.8. The molecule has 19 heavy (non-hydrogen) atoms. The van der Waals surface area contributed by atoms with E-state index in [1.54, 1.807) is 12.1 Å². The van der Waals surface area contributed by atoms with Gasteiger partial charge in [0, 0.05) is 5.75 Å². The third kappa shape index (κ3) is 3.67. The van der Waals surface area contributed by atoms with E-state index >= 15 is 0 Å². The van der Waals surface area contributed by atoms with E-state index in [1.165, 1.54) is 12.1 Å². The molecule has 100 valence electrons. The summed E-state index contributed by atoms with van der Waals surface area (Å²) in [4.78, 5) is 0. The molecule has 0 radical (unpaired) electrons. The summed E-state index contributed by atoms with van der Waals surface area (Å²) in [5, 5.41) is 0. The predicted octanol–water partition coefficient (Wildman–Crippen LogP) is 4.93. The standard InChI is InChI=1S/C14H11F3OS/c15-14(16,17)11-4-6-12(7-5-11)18-13-3-1-2-10(8-13)9-19/h1-8,19H,9H2. The fourth-order valence-electron chi connectivity index (χ4n) is 1.56. The second kappa shape index (κ2) is 5.57. The lowest BCUT2D eigenvalue weighted by Crippen LogP contribution is -2.03. The zero-order chi connectivity index (χ0) is 13.9. The highest BCUT2D eigenvalue weighted by atomic mass is 32.1. The molecule has 2 aromatic rings. The van der Waals surface area contributed by atoms with E-state index in [1.807, 2.05) is 12.1 Å². The van der Waals surface area contributed by atoms with E-state index < -0.39 is 11.7 Å². The molecule has 0 atom stereocenters. The minimum Gasteiger partial charge on any atom is -0.457 e. The first-order valence-electron chi connectivity index (χ1n) is 5.54. The normalized spacial score (nSPS) is 11.4. The lowest BCUT2D eigenvalue weighted by Gasteiger charge is -2.09. The predicted molar refractivity (Wildman–Crippen MR) is 70.7 cm³/mol. The van der Waals surface area contributed by atoms with Crippen LogP contribution in [0.2, 0.25) is 0 Å². The van der Waals surface area contributed by atoms with Crippen molar-refractivity contribution in [3.63, 3.8) is 0 Å². The molecule has 5 heteroatoms. The molecule has 0 heterocycles. The van der Waals surface area contributed by atoms with Gasteiger partial charge in [0.1, 0.15) is 11.5 Å². The van der Waals surface area contributed by atoms with Gasteiger partial charge >= 0.3 is 6.18 Å². The first kappa shape index (κ1) is 13.8. The zero-order valence-electron chi connectivity index (χ0n) is 9.82. The van der Waals surface area contributed by atoms with Crippen molar-refractivity contribution in [2.24, 2.45) is 0 Å². The molecule has 0 amide bonds. The van der Waals surface area contributed by atoms with Crippen LogP contribution in [0.4, 0.5) is 13.2 Å². The molecule has 2 rings (SSSR count). The van der Waals surface area contributed by atoms with Crippen LogP contribution in [0.5, 0.6) is 11.5 Å². The Morgan fingerprint density at radius 3 is 2.21 bits per heavy atom. The Hall–Kier alpha value is -1.62. The number of rotatable bonds is 3. The fourth-order valence-corrected chi connectivity index (χ4v) is 1.75. The molecule has 0 aliphatic heterocycles. The van der Waals surface area contributed by atoms with Crippen molar-refractivity contribution in [3.05, 3.63) is 59.7 Å². The first-order valence-corrected chi connectivity index (χ1v) is 6.17. The fraction of sp³-hybridized carbons (Fsp3) is 0.143. The van der Waals surface area contributed by atoms with Crippen LogP contribution in [-0.4, -0.2) is 0 Å². The Bertz CT molecular complexity index is 549. The third-order valence-electron chi connectivity index (χ3n) is 2.50. The van der Waals surface area contributed by atoms with Crippen molar-refractivity contribution >= 4 is 12.6 Å². The Morgan fingerprint density at radius 1 is 0.947 bits per heavy atom. The molecular weight excluding hydrogens is 273 g/mol. The van der Waals surface area contributed by atoms with Gasteiger partial charge < -0.3 is 4.74 Å². The third-order valence-corrected chi connectivity index (χ3v) is 2.86. The van der Waals surface area contributed by atoms with E-state index in [-0.39, 0.29) is 0 Å². The molecular formula is C14H11F3OS. The maximum Gasteiger partial charge on any atom is 0.416 e. The molecule has 2 aromatic carbocycles. The summed E-state index contributed by atoms with van der Waals surface area (Å²) in [5.74, 6) is 1.51. The Morgan fingerprint density at radius 2 is 1.63 bits per heavy atom. The van der Waals surface area contributed by atoms with Gasteiger partial charge in [-0.3, -0.25) is 0 Å². The molecule has 0 N–H and O–H groups in total. The minimum absolute atomic E-state index is 0.365. The quantitative estimate of drug-likeness (QED) is 0.786. The van der Waals surface area contributed by atoms with E-state index in [9.17, 15) is 13.2 Å². The average Bonchev–Trinajstić information content (AvgIpc) is 2.38. The van der Waals surface area contributed by atoms with Crippen LogP contribution >= 0.6 is 12.6 Å². The van der Waals surface area contributed by atoms with Crippen LogP contribution in [-0.2, 0) is 11.9 Å². The van der Waals surface area contributed by atoms with Gasteiger partial charge in [0.15, 0.2) is 0 Å². The molecule has 0 spiro atoms. The van der Waals surface area contributed by atoms with E-state index in [0.717, 1.165) is 17.7 Å². The van der Waals surface area contributed by atoms with Crippen LogP contribution in [0.3, 0.4) is 0 Å². The van der Waals surface area contributed by atoms with Crippen LogP contribution < -0.4 is 4.74 Å². The Kier molecular flexibility index (Phi) is 4.04. The highest BCUT2D eigenvalue weighted by Gasteiger charge is 2.30. The minimum atomic E-state index is -4.33. The van der Waals surface area contributed by atoms with Crippen LogP contribution in [0.1, 0.15) is 11.1 Å². The van der Waals surface area contributed by atoms with Crippen molar-refractivity contribution in [2.45, 2.75) is 11.9 Å². The molecule has 0 aliphatic rings. The van der Waals surface area contributed by atoms with Gasteiger partial charge in [0.2, 0.25) is 0 Å². The number of thiol groups is 1. The van der Waals surface area contributed by atoms with Crippen molar-refractivity contribution in [1.82, 2.24) is 0 Å². The number of hydrogen-bond acceptors (Lipinski definition) is 2. The van der Waals surface area contributed by atoms with Crippen LogP contribution in [0, 0.1) is 0 Å². The van der Waals surface area contributed by atoms with Gasteiger partial charge in [-0.25, -0.2) is 0 Å². The van der Waals surface area contributed by atoms with E-state index in [4.69, 9.17) is 4.74 Å². The highest BCUT2D eigenvalue weighted by Crippen LogP contribution is 2.31. The first-order chi connectivity index (χ1) is 8.99. The zero-order valence-corrected chi connectivity index (χ0v) is 10.7. The van der Waals surface area contributed by atoms with Crippen molar-refractivity contribution in [1.29, 1.82) is 0 Å². The summed E-state index contributed by atoms with van der Waals surface area (Å²) < 4.78 is 42.7. The van der Waals surface area contributed by atoms with Crippen molar-refractivity contribution in [2.75, 3.05) is 0 Å². The van der Waals surface area contributed by atoms with E-state index in [2.05, 4.69) is 12.6 Å². The second-order valence-electron chi connectivity index (χ2n) is 3.93. The van der Waals surface area contributed by atoms with Gasteiger partial charge in [0.25, 0.3) is 0 Å². The number of benzene rings is 2. The molecule has 0 unspecified atom stereocenters. The summed E-state index contributed by atoms with van der Waals surface area (Å²) in [5.41, 5.74) is 0.289. The number of ether oxygens (including phenoxy) is 1. The largest absolute Gasteiger partial charge is 0.457 e. The summed E-state index contributed by atoms with van der Waals surface area (Å²) in [6.07, 6.45) is -4.33. The molecule has 0 bridgehead atoms. The number of halogens is 3. The van der Waals surface area contributed by atoms with Gasteiger partial charge in [-0.2, -0.15) is 25.8 Å². The summed E-state index contributed by atoms with van der Waals surface area (Å²) >= 11 is 4.15. The van der Waals surface area contributed by atoms with Crippen LogP contribution in [0.25, 0.3) is 0 Å².